The van der Waals surface area contributed by atoms with Gasteiger partial charge < -0.3 is 5.11 Å². The van der Waals surface area contributed by atoms with Crippen molar-refractivity contribution in [1.82, 2.24) is 0 Å². The van der Waals surface area contributed by atoms with Gasteiger partial charge in [-0.2, -0.15) is 0 Å². The smallest absolute Gasteiger partial charge is 0.213 e. The standard InChI is InChI=1S/C11H11Cl2NO4/c1-6(15)11(16)7(5-14(17)18)10-8(12)3-2-4-9(10)13/h2-4,7,11,16H,5H2,1H3/t7-,11-/m0/s1. The number of benzene rings is 1. The molecule has 1 rings (SSSR count). The number of hydrogen-bond donors (Lipinski definition) is 1. The number of nitrogens with zero attached hydrogens (tertiary/aromatic N) is 1. The van der Waals surface area contributed by atoms with Crippen molar-refractivity contribution < 1.29 is 14.8 Å². The second kappa shape index (κ2) is 6.13. The molecule has 0 amide bonds. The molecule has 0 bridgehead atoms. The molecule has 0 unspecified atom stereocenters. The molecule has 7 heteroatoms. The van der Waals surface area contributed by atoms with Gasteiger partial charge in [-0.1, -0.05) is 29.3 Å². The molecule has 98 valence electrons. The number of carbonyl (C=O) groups is 1. The summed E-state index contributed by atoms with van der Waals surface area (Å²) in [6.45, 7) is 0.534. The monoisotopic (exact) mass is 291 g/mol. The van der Waals surface area contributed by atoms with Crippen LogP contribution in [0.3, 0.4) is 0 Å². The third kappa shape index (κ3) is 3.41. The second-order valence-corrected chi connectivity index (χ2v) is 4.63. The van der Waals surface area contributed by atoms with Crippen molar-refractivity contribution >= 4 is 29.0 Å². The number of ketones is 1. The molecular weight excluding hydrogens is 281 g/mol. The predicted molar refractivity (Wildman–Crippen MR) is 67.8 cm³/mol. The van der Waals surface area contributed by atoms with Crippen LogP contribution in [-0.4, -0.2) is 28.5 Å². The van der Waals surface area contributed by atoms with E-state index >= 15 is 0 Å². The molecule has 0 saturated heterocycles. The Bertz CT molecular complexity index is 458. The Morgan fingerprint density at radius 2 is 1.94 bits per heavy atom. The highest BCUT2D eigenvalue weighted by molar-refractivity contribution is 6.36. The van der Waals surface area contributed by atoms with E-state index in [-0.39, 0.29) is 15.6 Å². The average Bonchev–Trinajstić information content (AvgIpc) is 2.25. The Labute approximate surface area is 113 Å². The lowest BCUT2D eigenvalue weighted by Gasteiger charge is -2.19. The Hall–Kier alpha value is -1.17. The van der Waals surface area contributed by atoms with Crippen molar-refractivity contribution in [2.45, 2.75) is 18.9 Å². The highest BCUT2D eigenvalue weighted by Gasteiger charge is 2.32. The number of nitro groups is 1. The molecule has 0 fully saturated rings. The highest BCUT2D eigenvalue weighted by Crippen LogP contribution is 2.33. The fourth-order valence-corrected chi connectivity index (χ4v) is 2.34. The van der Waals surface area contributed by atoms with E-state index in [9.17, 15) is 20.0 Å². The zero-order valence-electron chi connectivity index (χ0n) is 9.47. The molecule has 0 heterocycles. The molecule has 2 atom stereocenters. The number of carbonyl (C=O) groups excluding carboxylic acids is 1. The summed E-state index contributed by atoms with van der Waals surface area (Å²) in [6, 6.07) is 4.59. The van der Waals surface area contributed by atoms with Gasteiger partial charge in [0.05, 0.1) is 5.92 Å². The van der Waals surface area contributed by atoms with Gasteiger partial charge in [-0.05, 0) is 19.1 Å². The van der Waals surface area contributed by atoms with Crippen LogP contribution in [0.4, 0.5) is 0 Å². The Morgan fingerprint density at radius 3 is 2.33 bits per heavy atom. The van der Waals surface area contributed by atoms with Gasteiger partial charge in [0.15, 0.2) is 5.78 Å². The highest BCUT2D eigenvalue weighted by atomic mass is 35.5. The number of Topliss-reactive ketones (excluding diaryl/α,β-unsaturated/α-hetero) is 1. The van der Waals surface area contributed by atoms with Crippen LogP contribution in [0.2, 0.25) is 10.0 Å². The summed E-state index contributed by atoms with van der Waals surface area (Å²) in [5, 5.41) is 20.8. The number of halogens is 2. The van der Waals surface area contributed by atoms with Gasteiger partial charge in [0, 0.05) is 20.5 Å². The predicted octanol–water partition coefficient (Wildman–Crippen LogP) is 2.30. The van der Waals surface area contributed by atoms with Crippen LogP contribution in [0.15, 0.2) is 18.2 Å². The van der Waals surface area contributed by atoms with Crippen LogP contribution < -0.4 is 0 Å². The van der Waals surface area contributed by atoms with Gasteiger partial charge in [0.25, 0.3) is 0 Å². The molecule has 0 aromatic heterocycles. The molecule has 1 N–H and O–H groups in total. The van der Waals surface area contributed by atoms with Gasteiger partial charge >= 0.3 is 0 Å². The van der Waals surface area contributed by atoms with Gasteiger partial charge in [-0.15, -0.1) is 0 Å². The zero-order chi connectivity index (χ0) is 13.9. The SMILES string of the molecule is CC(=O)[C@H](O)[C@@H](C[N+](=O)[O-])c1c(Cl)cccc1Cl. The van der Waals surface area contributed by atoms with Crippen LogP contribution >= 0.6 is 23.2 Å². The van der Waals surface area contributed by atoms with E-state index in [1.54, 1.807) is 6.07 Å². The number of hydrogen-bond acceptors (Lipinski definition) is 4. The lowest BCUT2D eigenvalue weighted by atomic mass is 9.91. The van der Waals surface area contributed by atoms with Gasteiger partial charge in [-0.3, -0.25) is 14.9 Å². The molecule has 0 radical (unpaired) electrons. The Balaban J connectivity index is 3.25. The maximum absolute atomic E-state index is 11.2. The molecule has 18 heavy (non-hydrogen) atoms. The molecule has 0 saturated carbocycles. The summed E-state index contributed by atoms with van der Waals surface area (Å²) in [6.07, 6.45) is -1.51. The van der Waals surface area contributed by atoms with Crippen molar-refractivity contribution in [3.05, 3.63) is 43.9 Å². The molecule has 5 nitrogen and oxygen atoms in total. The Morgan fingerprint density at radius 1 is 1.44 bits per heavy atom. The first-order valence-corrected chi connectivity index (χ1v) is 5.84. The molecular formula is C11H11Cl2NO4. The van der Waals surface area contributed by atoms with Crippen molar-refractivity contribution in [1.29, 1.82) is 0 Å². The van der Waals surface area contributed by atoms with Gasteiger partial charge in [0.1, 0.15) is 6.10 Å². The molecule has 0 aliphatic rings. The molecule has 1 aromatic carbocycles. The van der Waals surface area contributed by atoms with Crippen molar-refractivity contribution in [2.75, 3.05) is 6.54 Å². The molecule has 1 aromatic rings. The topological polar surface area (TPSA) is 80.4 Å². The Kier molecular flexibility index (Phi) is 5.07. The van der Waals surface area contributed by atoms with Crippen LogP contribution in [0, 0.1) is 10.1 Å². The minimum atomic E-state index is -1.51. The van der Waals surface area contributed by atoms with E-state index in [0.717, 1.165) is 6.92 Å². The van der Waals surface area contributed by atoms with Crippen molar-refractivity contribution in [3.8, 4) is 0 Å². The lowest BCUT2D eigenvalue weighted by molar-refractivity contribution is -0.484. The van der Waals surface area contributed by atoms with E-state index in [1.165, 1.54) is 12.1 Å². The van der Waals surface area contributed by atoms with Crippen molar-refractivity contribution in [3.63, 3.8) is 0 Å². The number of aliphatic hydroxyl groups excluding tert-OH is 1. The average molecular weight is 292 g/mol. The summed E-state index contributed by atoms with van der Waals surface area (Å²) in [5.41, 5.74) is 0.222. The quantitative estimate of drug-likeness (QED) is 0.667. The van der Waals surface area contributed by atoms with Crippen LogP contribution in [-0.2, 0) is 4.79 Å². The summed E-state index contributed by atoms with van der Waals surface area (Å²) in [4.78, 5) is 21.2. The van der Waals surface area contributed by atoms with E-state index in [1.807, 2.05) is 0 Å². The normalized spacial score (nSPS) is 14.0. The van der Waals surface area contributed by atoms with E-state index in [2.05, 4.69) is 0 Å². The zero-order valence-corrected chi connectivity index (χ0v) is 11.0. The van der Waals surface area contributed by atoms with Crippen LogP contribution in [0.5, 0.6) is 0 Å². The van der Waals surface area contributed by atoms with Gasteiger partial charge in [-0.25, -0.2) is 0 Å². The van der Waals surface area contributed by atoms with Gasteiger partial charge in [0.2, 0.25) is 6.54 Å². The largest absolute Gasteiger partial charge is 0.384 e. The fourth-order valence-electron chi connectivity index (χ4n) is 1.66. The second-order valence-electron chi connectivity index (χ2n) is 3.81. The lowest BCUT2D eigenvalue weighted by Crippen LogP contribution is -2.31. The number of aliphatic hydroxyl groups is 1. The first-order chi connectivity index (χ1) is 8.34. The maximum atomic E-state index is 11.2. The first-order valence-electron chi connectivity index (χ1n) is 5.08. The van der Waals surface area contributed by atoms with E-state index < -0.39 is 29.3 Å². The number of rotatable bonds is 5. The first kappa shape index (κ1) is 14.9. The summed E-state index contributed by atoms with van der Waals surface area (Å²) < 4.78 is 0. The summed E-state index contributed by atoms with van der Waals surface area (Å²) in [7, 11) is 0. The van der Waals surface area contributed by atoms with E-state index in [4.69, 9.17) is 23.2 Å². The minimum absolute atomic E-state index is 0.189. The summed E-state index contributed by atoms with van der Waals surface area (Å²) in [5.74, 6) is -1.63. The van der Waals surface area contributed by atoms with Crippen molar-refractivity contribution in [2.24, 2.45) is 0 Å². The third-order valence-corrected chi connectivity index (χ3v) is 3.17. The van der Waals surface area contributed by atoms with E-state index in [0.29, 0.717) is 0 Å². The minimum Gasteiger partial charge on any atom is -0.384 e. The van der Waals surface area contributed by atoms with Crippen LogP contribution in [0.25, 0.3) is 0 Å². The molecule has 0 spiro atoms. The summed E-state index contributed by atoms with van der Waals surface area (Å²) >= 11 is 11.9. The third-order valence-electron chi connectivity index (χ3n) is 2.51. The fraction of sp³-hybridized carbons (Fsp3) is 0.364. The van der Waals surface area contributed by atoms with Crippen LogP contribution in [0.1, 0.15) is 18.4 Å². The molecule has 0 aliphatic carbocycles. The maximum Gasteiger partial charge on any atom is 0.213 e. The molecule has 0 aliphatic heterocycles.